The average Bonchev–Trinajstić information content (AvgIpc) is 3.23. The molecule has 0 saturated heterocycles. The highest BCUT2D eigenvalue weighted by atomic mass is 32.2. The first-order valence-electron chi connectivity index (χ1n) is 11.2. The maximum atomic E-state index is 11.6. The lowest BCUT2D eigenvalue weighted by Crippen LogP contribution is -2.12. The molecule has 0 amide bonds. The summed E-state index contributed by atoms with van der Waals surface area (Å²) in [6.45, 7) is 0. The van der Waals surface area contributed by atoms with Gasteiger partial charge in [0.2, 0.25) is 10.0 Å². The van der Waals surface area contributed by atoms with Crippen LogP contribution < -0.4 is 10.6 Å². The summed E-state index contributed by atoms with van der Waals surface area (Å²) < 4.78 is 25.4. The van der Waals surface area contributed by atoms with Gasteiger partial charge >= 0.3 is 0 Å². The molecule has 5 rings (SSSR count). The summed E-state index contributed by atoms with van der Waals surface area (Å²) >= 11 is 0. The fourth-order valence-electron chi connectivity index (χ4n) is 4.22. The number of anilines is 1. The number of hydrazone groups is 1. The zero-order valence-electron chi connectivity index (χ0n) is 19.4. The van der Waals surface area contributed by atoms with Gasteiger partial charge in [-0.1, -0.05) is 66.7 Å². The number of aromatic nitrogens is 1. The van der Waals surface area contributed by atoms with Gasteiger partial charge in [0.25, 0.3) is 5.69 Å². The van der Waals surface area contributed by atoms with Gasteiger partial charge in [-0.25, -0.2) is 13.6 Å². The third kappa shape index (κ3) is 4.70. The summed E-state index contributed by atoms with van der Waals surface area (Å²) in [5, 5.41) is 22.0. The number of nitrogens with one attached hydrogen (secondary N) is 1. The lowest BCUT2D eigenvalue weighted by Gasteiger charge is -2.12. The molecule has 0 atom stereocenters. The molecule has 1 heterocycles. The normalized spacial score (nSPS) is 11.7. The molecular weight excluding hydrogens is 490 g/mol. The zero-order valence-corrected chi connectivity index (χ0v) is 20.2. The van der Waals surface area contributed by atoms with Crippen molar-refractivity contribution in [3.63, 3.8) is 0 Å². The summed E-state index contributed by atoms with van der Waals surface area (Å²) in [4.78, 5) is 10.5. The number of fused-ring (bicyclic) bond motifs is 1. The van der Waals surface area contributed by atoms with Gasteiger partial charge in [-0.15, -0.1) is 0 Å². The van der Waals surface area contributed by atoms with Crippen LogP contribution in [-0.4, -0.2) is 24.1 Å². The van der Waals surface area contributed by atoms with Gasteiger partial charge in [0, 0.05) is 22.7 Å². The molecule has 5 aromatic rings. The van der Waals surface area contributed by atoms with E-state index in [1.807, 2.05) is 84.9 Å². The van der Waals surface area contributed by atoms with Crippen LogP contribution in [0.15, 0.2) is 113 Å². The highest BCUT2D eigenvalue weighted by molar-refractivity contribution is 7.89. The quantitative estimate of drug-likeness (QED) is 0.174. The standard InChI is InChI=1S/C27H21N5O4S/c28-37(35,36)21-15-16-24(26(17-21)32(33)34)30-29-18-23-22-13-7-8-14-25(22)31(20-11-5-2-6-12-20)27(23)19-9-3-1-4-10-19/h1-18,30H,(H2,28,35,36)/b29-18+. The molecule has 0 radical (unpaired) electrons. The minimum absolute atomic E-state index is 0.0294. The number of para-hydroxylation sites is 2. The van der Waals surface area contributed by atoms with Crippen molar-refractivity contribution in [1.82, 2.24) is 4.57 Å². The molecule has 3 N–H and O–H groups in total. The highest BCUT2D eigenvalue weighted by Crippen LogP contribution is 2.35. The van der Waals surface area contributed by atoms with E-state index in [0.717, 1.165) is 39.5 Å². The number of nitrogens with two attached hydrogens (primary N) is 1. The summed E-state index contributed by atoms with van der Waals surface area (Å²) in [5.41, 5.74) is 6.88. The maximum Gasteiger partial charge on any atom is 0.295 e. The minimum atomic E-state index is -4.10. The Kier molecular flexibility index (Phi) is 6.26. The van der Waals surface area contributed by atoms with Crippen molar-refractivity contribution in [1.29, 1.82) is 0 Å². The first-order valence-corrected chi connectivity index (χ1v) is 12.7. The molecule has 10 heteroatoms. The van der Waals surface area contributed by atoms with Crippen molar-refractivity contribution in [2.75, 3.05) is 5.43 Å². The van der Waals surface area contributed by atoms with Crippen molar-refractivity contribution in [2.45, 2.75) is 4.90 Å². The lowest BCUT2D eigenvalue weighted by atomic mass is 10.1. The predicted octanol–water partition coefficient (Wildman–Crippen LogP) is 5.30. The van der Waals surface area contributed by atoms with Gasteiger partial charge in [0.15, 0.2) is 0 Å². The number of nitrogens with zero attached hydrogens (tertiary/aromatic N) is 3. The maximum absolute atomic E-state index is 11.6. The highest BCUT2D eigenvalue weighted by Gasteiger charge is 2.20. The van der Waals surface area contributed by atoms with Crippen molar-refractivity contribution in [3.05, 3.63) is 119 Å². The monoisotopic (exact) mass is 511 g/mol. The molecule has 9 nitrogen and oxygen atoms in total. The van der Waals surface area contributed by atoms with Crippen LogP contribution in [-0.2, 0) is 10.0 Å². The Balaban J connectivity index is 1.65. The average molecular weight is 512 g/mol. The molecule has 0 unspecified atom stereocenters. The minimum Gasteiger partial charge on any atom is -0.309 e. The number of nitro groups is 1. The Morgan fingerprint density at radius 3 is 2.22 bits per heavy atom. The summed E-state index contributed by atoms with van der Waals surface area (Å²) in [6, 6.07) is 31.1. The molecule has 0 fully saturated rings. The van der Waals surface area contributed by atoms with Gasteiger partial charge in [-0.05, 0) is 35.9 Å². The van der Waals surface area contributed by atoms with Crippen LogP contribution in [0.5, 0.6) is 0 Å². The second-order valence-corrected chi connectivity index (χ2v) is 9.73. The van der Waals surface area contributed by atoms with E-state index in [-0.39, 0.29) is 10.6 Å². The Morgan fingerprint density at radius 2 is 1.54 bits per heavy atom. The van der Waals surface area contributed by atoms with Crippen molar-refractivity contribution in [2.24, 2.45) is 10.2 Å². The lowest BCUT2D eigenvalue weighted by molar-refractivity contribution is -0.384. The second kappa shape index (κ2) is 9.69. The molecule has 4 aromatic carbocycles. The van der Waals surface area contributed by atoms with Gasteiger partial charge in [-0.3, -0.25) is 15.5 Å². The van der Waals surface area contributed by atoms with E-state index in [1.165, 1.54) is 12.1 Å². The molecule has 1 aromatic heterocycles. The first-order chi connectivity index (χ1) is 17.8. The molecule has 0 aliphatic carbocycles. The fraction of sp³-hybridized carbons (Fsp3) is 0. The van der Waals surface area contributed by atoms with E-state index in [2.05, 4.69) is 15.1 Å². The summed E-state index contributed by atoms with van der Waals surface area (Å²) in [6.07, 6.45) is 1.61. The van der Waals surface area contributed by atoms with Gasteiger partial charge in [0.05, 0.1) is 27.2 Å². The number of hydrogen-bond donors (Lipinski definition) is 2. The molecule has 184 valence electrons. The molecule has 0 aliphatic rings. The Labute approximate surface area is 212 Å². The van der Waals surface area contributed by atoms with Crippen LogP contribution in [0.3, 0.4) is 0 Å². The zero-order chi connectivity index (χ0) is 26.0. The number of nitro benzene ring substituents is 1. The van der Waals surface area contributed by atoms with E-state index < -0.39 is 20.6 Å². The Hall–Kier alpha value is -4.80. The number of sulfonamides is 1. The fourth-order valence-corrected chi connectivity index (χ4v) is 4.76. The number of primary sulfonamides is 1. The van der Waals surface area contributed by atoms with Crippen LogP contribution in [0.4, 0.5) is 11.4 Å². The van der Waals surface area contributed by atoms with Crippen LogP contribution >= 0.6 is 0 Å². The molecule has 0 bridgehead atoms. The van der Waals surface area contributed by atoms with Crippen molar-refractivity contribution >= 4 is 38.5 Å². The second-order valence-electron chi connectivity index (χ2n) is 8.17. The van der Waals surface area contributed by atoms with E-state index >= 15 is 0 Å². The molecule has 0 spiro atoms. The van der Waals surface area contributed by atoms with Gasteiger partial charge in [0.1, 0.15) is 5.69 Å². The number of rotatable bonds is 7. The SMILES string of the molecule is NS(=O)(=O)c1ccc(N/N=C/c2c(-c3ccccc3)n(-c3ccccc3)c3ccccc23)c([N+](=O)[O-])c1. The van der Waals surface area contributed by atoms with Gasteiger partial charge in [-0.2, -0.15) is 5.10 Å². The summed E-state index contributed by atoms with van der Waals surface area (Å²) in [7, 11) is -4.10. The summed E-state index contributed by atoms with van der Waals surface area (Å²) in [5.74, 6) is 0. The smallest absolute Gasteiger partial charge is 0.295 e. The van der Waals surface area contributed by atoms with Crippen molar-refractivity contribution < 1.29 is 13.3 Å². The third-order valence-electron chi connectivity index (χ3n) is 5.85. The molecular formula is C27H21N5O4S. The largest absolute Gasteiger partial charge is 0.309 e. The topological polar surface area (TPSA) is 133 Å². The van der Waals surface area contributed by atoms with E-state index in [4.69, 9.17) is 5.14 Å². The molecule has 0 saturated carbocycles. The van der Waals surface area contributed by atoms with E-state index in [1.54, 1.807) is 6.21 Å². The van der Waals surface area contributed by atoms with Crippen LogP contribution in [0.25, 0.3) is 27.8 Å². The first kappa shape index (κ1) is 23.9. The van der Waals surface area contributed by atoms with Gasteiger partial charge < -0.3 is 4.57 Å². The van der Waals surface area contributed by atoms with Crippen molar-refractivity contribution in [3.8, 4) is 16.9 Å². The number of hydrogen-bond acceptors (Lipinski definition) is 6. The third-order valence-corrected chi connectivity index (χ3v) is 6.76. The predicted molar refractivity (Wildman–Crippen MR) is 144 cm³/mol. The van der Waals surface area contributed by atoms with Crippen LogP contribution in [0.1, 0.15) is 5.56 Å². The molecule has 37 heavy (non-hydrogen) atoms. The number of benzene rings is 4. The van der Waals surface area contributed by atoms with E-state index in [9.17, 15) is 18.5 Å². The van der Waals surface area contributed by atoms with Crippen LogP contribution in [0, 0.1) is 10.1 Å². The Morgan fingerprint density at radius 1 is 0.892 bits per heavy atom. The van der Waals surface area contributed by atoms with Crippen LogP contribution in [0.2, 0.25) is 0 Å². The molecule has 0 aliphatic heterocycles. The Bertz CT molecular complexity index is 1750. The van der Waals surface area contributed by atoms with E-state index in [0.29, 0.717) is 0 Å².